The van der Waals surface area contributed by atoms with Gasteiger partial charge in [-0.25, -0.2) is 0 Å². The Hall–Kier alpha value is -6.24. The fourth-order valence-electron chi connectivity index (χ4n) is 9.92. The molecule has 0 radical (unpaired) electrons. The minimum absolute atomic E-state index is 0.0907. The second-order valence-electron chi connectivity index (χ2n) is 14.3. The Morgan fingerprint density at radius 1 is 0.220 bits per heavy atom. The Morgan fingerprint density at radius 2 is 0.620 bits per heavy atom. The summed E-state index contributed by atoms with van der Waals surface area (Å²) in [6.07, 6.45) is 0. The maximum absolute atomic E-state index is 2.44. The van der Waals surface area contributed by atoms with E-state index in [1.165, 1.54) is 109 Å². The van der Waals surface area contributed by atoms with E-state index in [4.69, 9.17) is 0 Å². The van der Waals surface area contributed by atoms with Crippen LogP contribution in [-0.4, -0.2) is 0 Å². The Bertz CT molecular complexity index is 3130. The van der Waals surface area contributed by atoms with E-state index in [0.717, 1.165) is 0 Å². The molecule has 0 heteroatoms. The van der Waals surface area contributed by atoms with Crippen LogP contribution in [0.25, 0.3) is 75.4 Å². The number of hydrogen-bond donors (Lipinski definition) is 0. The highest BCUT2D eigenvalue weighted by Crippen LogP contribution is 2.54. The lowest BCUT2D eigenvalue weighted by Gasteiger charge is -2.37. The van der Waals surface area contributed by atoms with E-state index in [1.54, 1.807) is 0 Å². The average molecular weight is 631 g/mol. The van der Waals surface area contributed by atoms with E-state index in [2.05, 4.69) is 170 Å². The van der Waals surface area contributed by atoms with E-state index >= 15 is 0 Å². The van der Waals surface area contributed by atoms with Gasteiger partial charge in [-0.05, 0) is 109 Å². The van der Waals surface area contributed by atoms with E-state index < -0.39 is 0 Å². The van der Waals surface area contributed by atoms with Crippen molar-refractivity contribution in [2.24, 2.45) is 0 Å². The molecule has 0 fully saturated rings. The van der Waals surface area contributed by atoms with Crippen LogP contribution in [0.3, 0.4) is 0 Å². The van der Waals surface area contributed by atoms with Gasteiger partial charge in [-0.3, -0.25) is 0 Å². The van der Waals surface area contributed by atoms with Crippen molar-refractivity contribution >= 4 is 75.4 Å². The maximum atomic E-state index is 2.44. The molecule has 12 rings (SSSR count). The zero-order chi connectivity index (χ0) is 32.5. The molecule has 50 heavy (non-hydrogen) atoms. The van der Waals surface area contributed by atoms with Crippen molar-refractivity contribution in [2.75, 3.05) is 0 Å². The second-order valence-corrected chi connectivity index (χ2v) is 14.3. The number of benzene rings is 11. The molecule has 0 amide bonds. The van der Waals surface area contributed by atoms with Crippen LogP contribution in [0.5, 0.6) is 0 Å². The van der Waals surface area contributed by atoms with Gasteiger partial charge in [0.25, 0.3) is 0 Å². The van der Waals surface area contributed by atoms with E-state index in [-0.39, 0.29) is 11.8 Å². The third-order valence-electron chi connectivity index (χ3n) is 12.0. The predicted molar refractivity (Wildman–Crippen MR) is 213 cm³/mol. The Balaban J connectivity index is 1.21. The van der Waals surface area contributed by atoms with E-state index in [0.29, 0.717) is 0 Å². The van der Waals surface area contributed by atoms with Crippen molar-refractivity contribution in [3.63, 3.8) is 0 Å². The van der Waals surface area contributed by atoms with Crippen molar-refractivity contribution in [3.05, 3.63) is 203 Å². The molecule has 0 aliphatic heterocycles. The summed E-state index contributed by atoms with van der Waals surface area (Å²) >= 11 is 0. The first kappa shape index (κ1) is 26.7. The van der Waals surface area contributed by atoms with Gasteiger partial charge in [0, 0.05) is 11.8 Å². The molecular weight excluding hydrogens is 601 g/mol. The molecule has 1 aliphatic carbocycles. The van der Waals surface area contributed by atoms with Crippen LogP contribution in [0, 0.1) is 0 Å². The summed E-state index contributed by atoms with van der Waals surface area (Å²) in [6, 6.07) is 64.7. The summed E-state index contributed by atoms with van der Waals surface area (Å²) in [5.74, 6) is 0.194. The molecule has 0 heterocycles. The molecule has 0 spiro atoms. The summed E-state index contributed by atoms with van der Waals surface area (Å²) in [5, 5.41) is 18.7. The normalized spacial score (nSPS) is 16.0. The van der Waals surface area contributed by atoms with Crippen LogP contribution < -0.4 is 0 Å². The van der Waals surface area contributed by atoms with Gasteiger partial charge in [0.2, 0.25) is 0 Å². The highest BCUT2D eigenvalue weighted by atomic mass is 14.4. The minimum Gasteiger partial charge on any atom is -0.0619 e. The maximum Gasteiger partial charge on any atom is 0.0358 e. The minimum atomic E-state index is 0.0907. The third-order valence-corrected chi connectivity index (χ3v) is 12.0. The van der Waals surface area contributed by atoms with Gasteiger partial charge in [0.1, 0.15) is 0 Å². The second kappa shape index (κ2) is 9.68. The first-order valence-electron chi connectivity index (χ1n) is 17.7. The summed E-state index contributed by atoms with van der Waals surface area (Å²) < 4.78 is 0. The highest BCUT2D eigenvalue weighted by Gasteiger charge is 2.36. The Morgan fingerprint density at radius 3 is 1.22 bits per heavy atom. The monoisotopic (exact) mass is 630 g/mol. The van der Waals surface area contributed by atoms with Crippen LogP contribution in [0.2, 0.25) is 0 Å². The molecular formula is C50H30. The number of rotatable bonds is 2. The molecule has 230 valence electrons. The summed E-state index contributed by atoms with van der Waals surface area (Å²) in [4.78, 5) is 0. The van der Waals surface area contributed by atoms with Gasteiger partial charge in [-0.1, -0.05) is 170 Å². The molecule has 2 atom stereocenters. The molecule has 1 aliphatic rings. The first-order valence-corrected chi connectivity index (χ1v) is 17.7. The van der Waals surface area contributed by atoms with Gasteiger partial charge < -0.3 is 0 Å². The SMILES string of the molecule is c1ccc2c(c1)C(c1ccc3ccc4cccc5ccc1c3c45)c1ccc3ccccc3c1C2c1ccc2ccc3cccc4ccc1c2c34. The van der Waals surface area contributed by atoms with E-state index in [1.807, 2.05) is 0 Å². The summed E-state index contributed by atoms with van der Waals surface area (Å²) in [6.45, 7) is 0. The van der Waals surface area contributed by atoms with Gasteiger partial charge in [-0.15, -0.1) is 0 Å². The van der Waals surface area contributed by atoms with Gasteiger partial charge >= 0.3 is 0 Å². The zero-order valence-electron chi connectivity index (χ0n) is 27.3. The van der Waals surface area contributed by atoms with Crippen molar-refractivity contribution in [1.82, 2.24) is 0 Å². The Kier molecular flexibility index (Phi) is 5.17. The van der Waals surface area contributed by atoms with Crippen molar-refractivity contribution in [1.29, 1.82) is 0 Å². The van der Waals surface area contributed by atoms with Gasteiger partial charge in [0.05, 0.1) is 0 Å². The zero-order valence-corrected chi connectivity index (χ0v) is 27.3. The molecule has 11 aromatic carbocycles. The van der Waals surface area contributed by atoms with Crippen LogP contribution in [0.4, 0.5) is 0 Å². The molecule has 0 bridgehead atoms. The predicted octanol–water partition coefficient (Wildman–Crippen LogP) is 13.3. The van der Waals surface area contributed by atoms with Crippen LogP contribution in [-0.2, 0) is 0 Å². The Labute approximate surface area is 289 Å². The largest absolute Gasteiger partial charge is 0.0619 e. The van der Waals surface area contributed by atoms with E-state index in [9.17, 15) is 0 Å². The molecule has 11 aromatic rings. The lowest BCUT2D eigenvalue weighted by Crippen LogP contribution is -2.21. The fourth-order valence-corrected chi connectivity index (χ4v) is 9.92. The lowest BCUT2D eigenvalue weighted by atomic mass is 9.66. The number of hydrogen-bond acceptors (Lipinski definition) is 0. The topological polar surface area (TPSA) is 0 Å². The smallest absolute Gasteiger partial charge is 0.0358 e. The molecule has 2 unspecified atom stereocenters. The molecule has 0 nitrogen and oxygen atoms in total. The molecule has 0 saturated heterocycles. The van der Waals surface area contributed by atoms with Crippen LogP contribution >= 0.6 is 0 Å². The van der Waals surface area contributed by atoms with Crippen LogP contribution in [0.15, 0.2) is 170 Å². The van der Waals surface area contributed by atoms with Crippen molar-refractivity contribution in [2.45, 2.75) is 11.8 Å². The highest BCUT2D eigenvalue weighted by molar-refractivity contribution is 6.25. The van der Waals surface area contributed by atoms with Crippen molar-refractivity contribution in [3.8, 4) is 0 Å². The molecule has 0 saturated carbocycles. The molecule has 0 N–H and O–H groups in total. The summed E-state index contributed by atoms with van der Waals surface area (Å²) in [7, 11) is 0. The van der Waals surface area contributed by atoms with Crippen molar-refractivity contribution < 1.29 is 0 Å². The fraction of sp³-hybridized carbons (Fsp3) is 0.0400. The van der Waals surface area contributed by atoms with Crippen LogP contribution in [0.1, 0.15) is 45.2 Å². The number of fused-ring (bicyclic) bond motifs is 4. The third kappa shape index (κ3) is 3.40. The van der Waals surface area contributed by atoms with Gasteiger partial charge in [0.15, 0.2) is 0 Å². The average Bonchev–Trinajstić information content (AvgIpc) is 3.18. The standard InChI is InChI=1S/C50H30/c1-2-12-36-29(7-1)19-28-43-48(41-26-22-34-17-15-30-8-5-10-32-20-24-39(41)46(34)44(30)32)37-13-3-4-14-38(37)50(49(36)43)42-27-23-35-18-16-31-9-6-11-33-21-25-40(42)47(35)45(31)33/h1-28,48,50H. The lowest BCUT2D eigenvalue weighted by molar-refractivity contribution is 0.838. The quantitative estimate of drug-likeness (QED) is 0.167. The molecule has 0 aromatic heterocycles. The first-order chi connectivity index (χ1) is 24.8. The summed E-state index contributed by atoms with van der Waals surface area (Å²) in [5.41, 5.74) is 8.42. The van der Waals surface area contributed by atoms with Gasteiger partial charge in [-0.2, -0.15) is 0 Å².